The molecule has 3 fully saturated rings. The van der Waals surface area contributed by atoms with Crippen LogP contribution in [0.5, 0.6) is 0 Å². The summed E-state index contributed by atoms with van der Waals surface area (Å²) in [6.45, 7) is -0.772. The zero-order valence-corrected chi connectivity index (χ0v) is 20.6. The first-order valence-corrected chi connectivity index (χ1v) is 13.4. The first kappa shape index (κ1) is 24.9. The second-order valence-corrected chi connectivity index (χ2v) is 10.6. The van der Waals surface area contributed by atoms with Gasteiger partial charge < -0.3 is 20.1 Å². The number of rotatable bonds is 6. The molecule has 1 amide bonds. The molecule has 3 aliphatic rings. The van der Waals surface area contributed by atoms with Crippen molar-refractivity contribution in [3.63, 3.8) is 0 Å². The van der Waals surface area contributed by atoms with Crippen molar-refractivity contribution in [1.29, 1.82) is 0 Å². The Labute approximate surface area is 210 Å². The minimum Gasteiger partial charge on any atom is -0.480 e. The van der Waals surface area contributed by atoms with E-state index in [1.165, 1.54) is 44.9 Å². The minimum atomic E-state index is -1.50. The SMILES string of the molecule is O=C(N[C@@H](CO)C(=O)O)c1nc2ccccc2n(C2C[C@H]3CC[C@@H](C2)N3C2CCCCCCC2)c1=O. The number of carboxylic acid groups (broad SMARTS) is 1. The maximum Gasteiger partial charge on any atom is 0.328 e. The van der Waals surface area contributed by atoms with Gasteiger partial charge in [-0.15, -0.1) is 0 Å². The summed E-state index contributed by atoms with van der Waals surface area (Å²) in [4.78, 5) is 45.0. The molecule has 2 aliphatic heterocycles. The number of carbonyl (C=O) groups excluding carboxylic acids is 1. The van der Waals surface area contributed by atoms with Gasteiger partial charge in [-0.3, -0.25) is 14.5 Å². The molecule has 36 heavy (non-hydrogen) atoms. The molecular formula is C27H36N4O5. The minimum absolute atomic E-state index is 0.0487. The van der Waals surface area contributed by atoms with Gasteiger partial charge in [0.15, 0.2) is 11.7 Å². The summed E-state index contributed by atoms with van der Waals surface area (Å²) in [5, 5.41) is 20.8. The molecule has 3 N–H and O–H groups in total. The lowest BCUT2D eigenvalue weighted by Crippen LogP contribution is -2.51. The fourth-order valence-electron chi connectivity index (χ4n) is 6.80. The molecule has 1 saturated carbocycles. The number of benzene rings is 1. The highest BCUT2D eigenvalue weighted by Crippen LogP contribution is 2.44. The topological polar surface area (TPSA) is 125 Å². The summed E-state index contributed by atoms with van der Waals surface area (Å²) in [6, 6.07) is 7.24. The lowest BCUT2D eigenvalue weighted by atomic mass is 9.89. The Morgan fingerprint density at radius 3 is 2.22 bits per heavy atom. The van der Waals surface area contributed by atoms with Gasteiger partial charge in [-0.2, -0.15) is 0 Å². The van der Waals surface area contributed by atoms with Crippen LogP contribution in [0.1, 0.15) is 87.2 Å². The lowest BCUT2D eigenvalue weighted by Gasteiger charge is -2.45. The van der Waals surface area contributed by atoms with E-state index < -0.39 is 30.1 Å². The van der Waals surface area contributed by atoms with E-state index in [0.29, 0.717) is 29.2 Å². The van der Waals surface area contributed by atoms with Crippen LogP contribution in [0.3, 0.4) is 0 Å². The molecule has 3 heterocycles. The van der Waals surface area contributed by atoms with Crippen molar-refractivity contribution in [3.8, 4) is 0 Å². The number of carbonyl (C=O) groups is 2. The van der Waals surface area contributed by atoms with E-state index in [4.69, 9.17) is 0 Å². The van der Waals surface area contributed by atoms with Gasteiger partial charge in [-0.05, 0) is 50.7 Å². The molecule has 2 bridgehead atoms. The van der Waals surface area contributed by atoms with Crippen LogP contribution in [0.15, 0.2) is 29.1 Å². The van der Waals surface area contributed by atoms with Crippen LogP contribution in [0, 0.1) is 0 Å². The van der Waals surface area contributed by atoms with Crippen LogP contribution in [0.2, 0.25) is 0 Å². The lowest BCUT2D eigenvalue weighted by molar-refractivity contribution is -0.140. The molecule has 1 aromatic carbocycles. The standard InChI is InChI=1S/C27H36N4O5/c32-16-22(27(35)36)29-25(33)24-26(34)31(23-11-7-6-10-21(23)28-24)20-14-18-12-13-19(15-20)30(18)17-8-4-2-1-3-5-9-17/h6-7,10-11,17-20,22,32H,1-5,8-9,12-16H2,(H,29,33)(H,35,36)/t18-,19+,20?,22-/m0/s1. The van der Waals surface area contributed by atoms with Crippen LogP contribution in [-0.4, -0.2) is 67.3 Å². The third kappa shape index (κ3) is 4.78. The summed E-state index contributed by atoms with van der Waals surface area (Å²) in [5.41, 5.74) is 0.382. The molecule has 194 valence electrons. The van der Waals surface area contributed by atoms with Crippen molar-refractivity contribution in [3.05, 3.63) is 40.3 Å². The highest BCUT2D eigenvalue weighted by molar-refractivity contribution is 5.96. The number of nitrogens with one attached hydrogen (secondary N) is 1. The van der Waals surface area contributed by atoms with E-state index in [0.717, 1.165) is 25.7 Å². The smallest absolute Gasteiger partial charge is 0.328 e. The van der Waals surface area contributed by atoms with Crippen LogP contribution in [-0.2, 0) is 4.79 Å². The average Bonchev–Trinajstić information content (AvgIpc) is 3.10. The Morgan fingerprint density at radius 2 is 1.58 bits per heavy atom. The number of hydrogen-bond acceptors (Lipinski definition) is 6. The molecule has 1 aromatic heterocycles. The van der Waals surface area contributed by atoms with E-state index in [1.54, 1.807) is 16.7 Å². The largest absolute Gasteiger partial charge is 0.480 e. The first-order chi connectivity index (χ1) is 17.5. The Bertz CT molecular complexity index is 1160. The monoisotopic (exact) mass is 496 g/mol. The zero-order valence-electron chi connectivity index (χ0n) is 20.6. The molecule has 2 aromatic rings. The number of fused-ring (bicyclic) bond motifs is 3. The van der Waals surface area contributed by atoms with Crippen molar-refractivity contribution < 1.29 is 19.8 Å². The molecule has 1 aliphatic carbocycles. The van der Waals surface area contributed by atoms with Gasteiger partial charge in [0.1, 0.15) is 0 Å². The maximum atomic E-state index is 13.7. The van der Waals surface area contributed by atoms with Gasteiger partial charge in [0.25, 0.3) is 11.5 Å². The molecular weight excluding hydrogens is 460 g/mol. The van der Waals surface area contributed by atoms with E-state index >= 15 is 0 Å². The number of amides is 1. The quantitative estimate of drug-likeness (QED) is 0.562. The average molecular weight is 497 g/mol. The molecule has 2 saturated heterocycles. The number of aliphatic hydroxyl groups excluding tert-OH is 1. The zero-order chi connectivity index (χ0) is 25.2. The van der Waals surface area contributed by atoms with Crippen molar-refractivity contribution in [2.45, 2.75) is 101 Å². The summed E-state index contributed by atoms with van der Waals surface area (Å²) >= 11 is 0. The van der Waals surface area contributed by atoms with Crippen molar-refractivity contribution in [1.82, 2.24) is 19.8 Å². The highest BCUT2D eigenvalue weighted by Gasteiger charge is 2.44. The van der Waals surface area contributed by atoms with Crippen molar-refractivity contribution >= 4 is 22.9 Å². The second-order valence-electron chi connectivity index (χ2n) is 10.6. The normalized spacial score (nSPS) is 26.3. The van der Waals surface area contributed by atoms with Gasteiger partial charge in [0.05, 0.1) is 17.6 Å². The summed E-state index contributed by atoms with van der Waals surface area (Å²) in [5.74, 6) is -2.25. The van der Waals surface area contributed by atoms with E-state index in [-0.39, 0.29) is 11.7 Å². The van der Waals surface area contributed by atoms with Crippen molar-refractivity contribution in [2.75, 3.05) is 6.61 Å². The van der Waals surface area contributed by atoms with E-state index in [2.05, 4.69) is 15.2 Å². The molecule has 9 nitrogen and oxygen atoms in total. The second kappa shape index (κ2) is 10.7. The number of nitrogens with zero attached hydrogens (tertiary/aromatic N) is 3. The Hall–Kier alpha value is -2.78. The van der Waals surface area contributed by atoms with E-state index in [9.17, 15) is 24.6 Å². The van der Waals surface area contributed by atoms with Gasteiger partial charge in [-0.25, -0.2) is 9.78 Å². The fourth-order valence-corrected chi connectivity index (χ4v) is 6.80. The van der Waals surface area contributed by atoms with Crippen molar-refractivity contribution in [2.24, 2.45) is 0 Å². The molecule has 9 heteroatoms. The number of para-hydroxylation sites is 2. The van der Waals surface area contributed by atoms with Crippen LogP contribution >= 0.6 is 0 Å². The third-order valence-corrected chi connectivity index (χ3v) is 8.42. The van der Waals surface area contributed by atoms with Gasteiger partial charge in [0, 0.05) is 24.2 Å². The molecule has 0 radical (unpaired) electrons. The third-order valence-electron chi connectivity index (χ3n) is 8.42. The number of aliphatic hydroxyl groups is 1. The van der Waals surface area contributed by atoms with Gasteiger partial charge >= 0.3 is 5.97 Å². The van der Waals surface area contributed by atoms with Crippen LogP contribution in [0.25, 0.3) is 11.0 Å². The number of carboxylic acids is 1. The van der Waals surface area contributed by atoms with Crippen LogP contribution < -0.4 is 10.9 Å². The predicted octanol–water partition coefficient (Wildman–Crippen LogP) is 2.85. The van der Waals surface area contributed by atoms with E-state index in [1.807, 2.05) is 12.1 Å². The number of piperidine rings is 1. The van der Waals surface area contributed by atoms with Gasteiger partial charge in [0.2, 0.25) is 0 Å². The Morgan fingerprint density at radius 1 is 0.944 bits per heavy atom. The van der Waals surface area contributed by atoms with Gasteiger partial charge in [-0.1, -0.05) is 44.2 Å². The molecule has 1 unspecified atom stereocenters. The summed E-state index contributed by atoms with van der Waals surface area (Å²) in [6.07, 6.45) is 13.1. The number of aromatic nitrogens is 2. The first-order valence-electron chi connectivity index (χ1n) is 13.4. The summed E-state index contributed by atoms with van der Waals surface area (Å²) < 4.78 is 1.73. The van der Waals surface area contributed by atoms with Crippen LogP contribution in [0.4, 0.5) is 0 Å². The molecule has 0 spiro atoms. The molecule has 4 atom stereocenters. The highest BCUT2D eigenvalue weighted by atomic mass is 16.4. The fraction of sp³-hybridized carbons (Fsp3) is 0.630. The predicted molar refractivity (Wildman–Crippen MR) is 135 cm³/mol. The Balaban J connectivity index is 1.46. The molecule has 5 rings (SSSR count). The number of aliphatic carboxylic acids is 1. The maximum absolute atomic E-state index is 13.7. The summed E-state index contributed by atoms with van der Waals surface area (Å²) in [7, 11) is 0. The number of hydrogen-bond donors (Lipinski definition) is 3. The Kier molecular flexibility index (Phi) is 7.39.